The van der Waals surface area contributed by atoms with Crippen molar-refractivity contribution in [2.24, 2.45) is 0 Å². The van der Waals surface area contributed by atoms with Gasteiger partial charge in [-0.05, 0) is 43.3 Å². The molecule has 0 aliphatic rings. The van der Waals surface area contributed by atoms with Gasteiger partial charge in [0.25, 0.3) is 5.91 Å². The predicted octanol–water partition coefficient (Wildman–Crippen LogP) is 5.49. The molecule has 5 nitrogen and oxygen atoms in total. The maximum atomic E-state index is 14.0. The lowest BCUT2D eigenvalue weighted by Gasteiger charge is -2.10. The number of hydrogen-bond acceptors (Lipinski definition) is 3. The van der Waals surface area contributed by atoms with Crippen molar-refractivity contribution in [3.63, 3.8) is 0 Å². The summed E-state index contributed by atoms with van der Waals surface area (Å²) in [5.41, 5.74) is 1.26. The largest absolute Gasteiger partial charge is 0.460 e. The van der Waals surface area contributed by atoms with E-state index in [1.807, 2.05) is 13.0 Å². The Balaban J connectivity index is 1.80. The Labute approximate surface area is 165 Å². The molecule has 0 saturated heterocycles. The number of aromatic nitrogens is 2. The molecule has 0 fully saturated rings. The highest BCUT2D eigenvalue weighted by atomic mass is 35.5. The number of rotatable bonds is 4. The molecule has 0 bridgehead atoms. The first-order chi connectivity index (χ1) is 13.5. The lowest BCUT2D eigenvalue weighted by Crippen LogP contribution is -2.17. The number of nitrogens with one attached hydrogen (secondary N) is 1. The van der Waals surface area contributed by atoms with Gasteiger partial charge in [-0.2, -0.15) is 5.10 Å². The molecule has 2 heterocycles. The molecular weight excluding hydrogens is 381 g/mol. The molecule has 0 atom stereocenters. The third-order valence-corrected chi connectivity index (χ3v) is 4.46. The number of nitrogens with zero attached hydrogens (tertiary/aromatic N) is 2. The van der Waals surface area contributed by atoms with Crippen molar-refractivity contribution >= 4 is 23.2 Å². The average molecular weight is 396 g/mol. The molecular formula is C21H15ClFN3O2. The van der Waals surface area contributed by atoms with Gasteiger partial charge in [0.15, 0.2) is 5.76 Å². The number of para-hydroxylation sites is 2. The fraction of sp³-hybridized carbons (Fsp3) is 0.0476. The first kappa shape index (κ1) is 18.0. The Hall–Kier alpha value is -3.38. The molecule has 7 heteroatoms. The third-order valence-electron chi connectivity index (χ3n) is 4.14. The zero-order valence-corrected chi connectivity index (χ0v) is 15.6. The number of benzene rings is 2. The Kier molecular flexibility index (Phi) is 4.71. The van der Waals surface area contributed by atoms with E-state index in [4.69, 9.17) is 16.0 Å². The summed E-state index contributed by atoms with van der Waals surface area (Å²) in [5.74, 6) is 0.191. The van der Waals surface area contributed by atoms with Crippen LogP contribution in [0.2, 0.25) is 5.02 Å². The number of carbonyl (C=O) groups is 1. The monoisotopic (exact) mass is 395 g/mol. The van der Waals surface area contributed by atoms with Crippen LogP contribution in [0.5, 0.6) is 0 Å². The molecule has 1 N–H and O–H groups in total. The zero-order valence-electron chi connectivity index (χ0n) is 14.8. The highest BCUT2D eigenvalue weighted by Crippen LogP contribution is 2.27. The summed E-state index contributed by atoms with van der Waals surface area (Å²) in [6, 6.07) is 18.1. The van der Waals surface area contributed by atoms with Crippen molar-refractivity contribution in [1.82, 2.24) is 9.78 Å². The average Bonchev–Trinajstić information content (AvgIpc) is 3.30. The minimum Gasteiger partial charge on any atom is -0.460 e. The van der Waals surface area contributed by atoms with Gasteiger partial charge in [0.05, 0.1) is 16.4 Å². The third kappa shape index (κ3) is 3.42. The Morgan fingerprint density at radius 3 is 2.57 bits per heavy atom. The predicted molar refractivity (Wildman–Crippen MR) is 105 cm³/mol. The molecule has 0 aliphatic heterocycles. The van der Waals surface area contributed by atoms with Crippen molar-refractivity contribution in [1.29, 1.82) is 0 Å². The van der Waals surface area contributed by atoms with Crippen molar-refractivity contribution in [3.05, 3.63) is 89.0 Å². The molecule has 4 aromatic rings. The molecule has 0 saturated carbocycles. The fourth-order valence-electron chi connectivity index (χ4n) is 2.79. The van der Waals surface area contributed by atoms with Gasteiger partial charge in [0, 0.05) is 6.07 Å². The van der Waals surface area contributed by atoms with E-state index >= 15 is 0 Å². The number of furan rings is 1. The summed E-state index contributed by atoms with van der Waals surface area (Å²) in [4.78, 5) is 12.9. The van der Waals surface area contributed by atoms with E-state index in [0.29, 0.717) is 22.2 Å². The first-order valence-electron chi connectivity index (χ1n) is 8.50. The van der Waals surface area contributed by atoms with E-state index in [1.54, 1.807) is 48.5 Å². The van der Waals surface area contributed by atoms with E-state index in [1.165, 1.54) is 16.8 Å². The second-order valence-corrected chi connectivity index (χ2v) is 6.53. The minimum absolute atomic E-state index is 0.0785. The van der Waals surface area contributed by atoms with Crippen LogP contribution in [0.1, 0.15) is 16.2 Å². The summed E-state index contributed by atoms with van der Waals surface area (Å²) in [6.45, 7) is 1.82. The summed E-state index contributed by atoms with van der Waals surface area (Å²) in [7, 11) is 0. The highest BCUT2D eigenvalue weighted by Gasteiger charge is 2.21. The van der Waals surface area contributed by atoms with Gasteiger partial charge in [-0.25, -0.2) is 9.07 Å². The van der Waals surface area contributed by atoms with Crippen LogP contribution in [0.15, 0.2) is 71.1 Å². The standard InChI is InChI=1S/C21H15ClFN3O2/c1-13-10-11-20(28-13)17-12-19(21(27)24-16-8-4-3-7-15(16)23)26(25-17)18-9-5-2-6-14(18)22/h2-12H,1H3,(H,24,27). The second-order valence-electron chi connectivity index (χ2n) is 6.12. The molecule has 2 aromatic carbocycles. The lowest BCUT2D eigenvalue weighted by atomic mass is 10.2. The van der Waals surface area contributed by atoms with E-state index in [0.717, 1.165) is 5.76 Å². The molecule has 0 aliphatic carbocycles. The molecule has 1 amide bonds. The van der Waals surface area contributed by atoms with Crippen LogP contribution in [0.4, 0.5) is 10.1 Å². The van der Waals surface area contributed by atoms with Crippen LogP contribution in [0, 0.1) is 12.7 Å². The quantitative estimate of drug-likeness (QED) is 0.497. The smallest absolute Gasteiger partial charge is 0.274 e. The Morgan fingerprint density at radius 2 is 1.86 bits per heavy atom. The van der Waals surface area contributed by atoms with Gasteiger partial charge in [-0.15, -0.1) is 0 Å². The van der Waals surface area contributed by atoms with Crippen molar-refractivity contribution in [3.8, 4) is 17.1 Å². The van der Waals surface area contributed by atoms with E-state index < -0.39 is 11.7 Å². The van der Waals surface area contributed by atoms with Gasteiger partial charge < -0.3 is 9.73 Å². The second kappa shape index (κ2) is 7.32. The summed E-state index contributed by atoms with van der Waals surface area (Å²) in [6.07, 6.45) is 0. The van der Waals surface area contributed by atoms with Gasteiger partial charge in [-0.3, -0.25) is 4.79 Å². The van der Waals surface area contributed by atoms with Gasteiger partial charge >= 0.3 is 0 Å². The van der Waals surface area contributed by atoms with E-state index in [2.05, 4.69) is 10.4 Å². The van der Waals surface area contributed by atoms with Gasteiger partial charge in [0.1, 0.15) is 23.0 Å². The SMILES string of the molecule is Cc1ccc(-c2cc(C(=O)Nc3ccccc3F)n(-c3ccccc3Cl)n2)o1. The number of halogens is 2. The van der Waals surface area contributed by atoms with Gasteiger partial charge in [0.2, 0.25) is 0 Å². The molecule has 0 unspecified atom stereocenters. The zero-order chi connectivity index (χ0) is 19.7. The van der Waals surface area contributed by atoms with Crippen molar-refractivity contribution in [2.75, 3.05) is 5.32 Å². The fourth-order valence-corrected chi connectivity index (χ4v) is 3.01. The molecule has 140 valence electrons. The van der Waals surface area contributed by atoms with Crippen LogP contribution in [-0.2, 0) is 0 Å². The summed E-state index contributed by atoms with van der Waals surface area (Å²) >= 11 is 6.30. The van der Waals surface area contributed by atoms with E-state index in [9.17, 15) is 9.18 Å². The number of aryl methyl sites for hydroxylation is 1. The molecule has 28 heavy (non-hydrogen) atoms. The van der Waals surface area contributed by atoms with E-state index in [-0.39, 0.29) is 11.4 Å². The Bertz CT molecular complexity index is 1170. The van der Waals surface area contributed by atoms with Crippen molar-refractivity contribution < 1.29 is 13.6 Å². The van der Waals surface area contributed by atoms with Crippen LogP contribution < -0.4 is 5.32 Å². The highest BCUT2D eigenvalue weighted by molar-refractivity contribution is 6.32. The molecule has 0 radical (unpaired) electrons. The maximum Gasteiger partial charge on any atom is 0.274 e. The minimum atomic E-state index is -0.526. The van der Waals surface area contributed by atoms with Crippen LogP contribution in [0.25, 0.3) is 17.1 Å². The number of anilines is 1. The Morgan fingerprint density at radius 1 is 1.11 bits per heavy atom. The normalized spacial score (nSPS) is 10.8. The van der Waals surface area contributed by atoms with Crippen LogP contribution in [0.3, 0.4) is 0 Å². The number of carbonyl (C=O) groups excluding carboxylic acids is 1. The lowest BCUT2D eigenvalue weighted by molar-refractivity contribution is 0.101. The number of amides is 1. The topological polar surface area (TPSA) is 60.1 Å². The molecule has 0 spiro atoms. The molecule has 4 rings (SSSR count). The maximum absolute atomic E-state index is 14.0. The summed E-state index contributed by atoms with van der Waals surface area (Å²) < 4.78 is 21.0. The van der Waals surface area contributed by atoms with Gasteiger partial charge in [-0.1, -0.05) is 35.9 Å². The van der Waals surface area contributed by atoms with Crippen LogP contribution >= 0.6 is 11.6 Å². The summed E-state index contributed by atoms with van der Waals surface area (Å²) in [5, 5.41) is 7.50. The molecule has 2 aromatic heterocycles. The van der Waals surface area contributed by atoms with Crippen LogP contribution in [-0.4, -0.2) is 15.7 Å². The van der Waals surface area contributed by atoms with Crippen molar-refractivity contribution in [2.45, 2.75) is 6.92 Å². The number of hydrogen-bond donors (Lipinski definition) is 1. The first-order valence-corrected chi connectivity index (χ1v) is 8.88.